The van der Waals surface area contributed by atoms with Gasteiger partial charge in [-0.25, -0.2) is 0 Å². The Bertz CT molecular complexity index is 960. The van der Waals surface area contributed by atoms with E-state index in [4.69, 9.17) is 9.15 Å². The van der Waals surface area contributed by atoms with Gasteiger partial charge in [-0.3, -0.25) is 4.79 Å². The van der Waals surface area contributed by atoms with Crippen LogP contribution >= 0.6 is 0 Å². The van der Waals surface area contributed by atoms with Crippen LogP contribution in [-0.4, -0.2) is 41.2 Å². The van der Waals surface area contributed by atoms with Crippen LogP contribution in [0.1, 0.15) is 40.9 Å². The maximum Gasteiger partial charge on any atom is 0.257 e. The van der Waals surface area contributed by atoms with E-state index in [0.717, 1.165) is 24.0 Å². The summed E-state index contributed by atoms with van der Waals surface area (Å²) in [4.78, 5) is 15.1. The number of likely N-dealkylation sites (tertiary alicyclic amines) is 1. The molecule has 0 unspecified atom stereocenters. The number of amides is 1. The molecule has 2 aromatic carbocycles. The molecule has 2 heterocycles. The molecule has 144 valence electrons. The number of hydrogen-bond donors (Lipinski definition) is 0. The van der Waals surface area contributed by atoms with Crippen molar-refractivity contribution in [1.82, 2.24) is 15.1 Å². The number of aromatic nitrogens is 2. The molecule has 6 nitrogen and oxygen atoms in total. The van der Waals surface area contributed by atoms with Gasteiger partial charge in [0.15, 0.2) is 0 Å². The minimum atomic E-state index is -0.00482. The molecule has 1 amide bonds. The lowest BCUT2D eigenvalue weighted by Crippen LogP contribution is -2.38. The molecule has 0 radical (unpaired) electrons. The predicted molar refractivity (Wildman–Crippen MR) is 105 cm³/mol. The van der Waals surface area contributed by atoms with Crippen molar-refractivity contribution < 1.29 is 13.9 Å². The van der Waals surface area contributed by atoms with Crippen LogP contribution < -0.4 is 4.74 Å². The summed E-state index contributed by atoms with van der Waals surface area (Å²) < 4.78 is 11.0. The highest BCUT2D eigenvalue weighted by Gasteiger charge is 2.29. The zero-order valence-corrected chi connectivity index (χ0v) is 16.1. The molecular weight excluding hydrogens is 354 g/mol. The summed E-state index contributed by atoms with van der Waals surface area (Å²) in [7, 11) is 1.60. The maximum atomic E-state index is 13.2. The molecule has 0 atom stereocenters. The molecule has 0 saturated carbocycles. The van der Waals surface area contributed by atoms with Crippen LogP contribution in [0.3, 0.4) is 0 Å². The maximum absolute atomic E-state index is 13.2. The van der Waals surface area contributed by atoms with E-state index in [1.165, 1.54) is 0 Å². The Balaban J connectivity index is 1.53. The van der Waals surface area contributed by atoms with Crippen molar-refractivity contribution in [3.05, 3.63) is 65.9 Å². The quantitative estimate of drug-likeness (QED) is 0.685. The van der Waals surface area contributed by atoms with Gasteiger partial charge in [-0.15, -0.1) is 10.2 Å². The van der Waals surface area contributed by atoms with Crippen LogP contribution in [0.2, 0.25) is 0 Å². The average Bonchev–Trinajstić information content (AvgIpc) is 3.20. The number of benzene rings is 2. The number of carbonyl (C=O) groups excluding carboxylic acids is 1. The molecular formula is C22H23N3O3. The predicted octanol–water partition coefficient (Wildman–Crippen LogP) is 4.07. The standard InChI is InChI=1S/C22H23N3O3/c1-15-23-24-21(28-15)17-10-12-25(13-11-17)22(26)19-14-18(8-9-20(19)27-2)16-6-4-3-5-7-16/h3-9,14,17H,10-13H2,1-2H3. The van der Waals surface area contributed by atoms with Crippen molar-refractivity contribution in [1.29, 1.82) is 0 Å². The van der Waals surface area contributed by atoms with Crippen molar-refractivity contribution in [2.24, 2.45) is 0 Å². The molecule has 1 aliphatic heterocycles. The van der Waals surface area contributed by atoms with E-state index in [9.17, 15) is 4.79 Å². The summed E-state index contributed by atoms with van der Waals surface area (Å²) in [6.45, 7) is 3.11. The van der Waals surface area contributed by atoms with Crippen LogP contribution in [0.4, 0.5) is 0 Å². The van der Waals surface area contributed by atoms with Gasteiger partial charge in [0, 0.05) is 25.9 Å². The van der Waals surface area contributed by atoms with Gasteiger partial charge >= 0.3 is 0 Å². The van der Waals surface area contributed by atoms with Crippen LogP contribution in [-0.2, 0) is 0 Å². The number of hydrogen-bond acceptors (Lipinski definition) is 5. The van der Waals surface area contributed by atoms with Crippen LogP contribution in [0.15, 0.2) is 52.9 Å². The molecule has 0 aliphatic carbocycles. The van der Waals surface area contributed by atoms with Gasteiger partial charge in [0.2, 0.25) is 11.8 Å². The molecule has 1 saturated heterocycles. The lowest BCUT2D eigenvalue weighted by molar-refractivity contribution is 0.0702. The minimum absolute atomic E-state index is 0.00482. The van der Waals surface area contributed by atoms with E-state index in [1.54, 1.807) is 14.0 Å². The average molecular weight is 377 g/mol. The van der Waals surface area contributed by atoms with E-state index in [-0.39, 0.29) is 11.8 Å². The highest BCUT2D eigenvalue weighted by atomic mass is 16.5. The lowest BCUT2D eigenvalue weighted by Gasteiger charge is -2.31. The third-order valence-electron chi connectivity index (χ3n) is 5.21. The van der Waals surface area contributed by atoms with Gasteiger partial charge in [0.05, 0.1) is 12.7 Å². The molecule has 1 aromatic heterocycles. The molecule has 28 heavy (non-hydrogen) atoms. The third kappa shape index (κ3) is 3.63. The summed E-state index contributed by atoms with van der Waals surface area (Å²) in [5.41, 5.74) is 2.67. The first kappa shape index (κ1) is 18.2. The highest BCUT2D eigenvalue weighted by molar-refractivity contribution is 5.98. The van der Waals surface area contributed by atoms with Crippen LogP contribution in [0.5, 0.6) is 5.75 Å². The second kappa shape index (κ2) is 7.84. The number of carbonyl (C=O) groups is 1. The summed E-state index contributed by atoms with van der Waals surface area (Å²) >= 11 is 0. The first-order chi connectivity index (χ1) is 13.7. The van der Waals surface area contributed by atoms with Gasteiger partial charge in [-0.1, -0.05) is 36.4 Å². The molecule has 1 aliphatic rings. The number of ether oxygens (including phenoxy) is 1. The van der Waals surface area contributed by atoms with Crippen LogP contribution in [0, 0.1) is 6.92 Å². The van der Waals surface area contributed by atoms with Gasteiger partial charge in [0.25, 0.3) is 5.91 Å². The molecule has 0 spiro atoms. The number of rotatable bonds is 4. The van der Waals surface area contributed by atoms with Gasteiger partial charge in [0.1, 0.15) is 5.75 Å². The van der Waals surface area contributed by atoms with E-state index >= 15 is 0 Å². The number of piperidine rings is 1. The zero-order chi connectivity index (χ0) is 19.5. The Hall–Kier alpha value is -3.15. The first-order valence-corrected chi connectivity index (χ1v) is 9.48. The zero-order valence-electron chi connectivity index (χ0n) is 16.1. The molecule has 0 bridgehead atoms. The van der Waals surface area contributed by atoms with Gasteiger partial charge in [-0.05, 0) is 36.1 Å². The monoisotopic (exact) mass is 377 g/mol. The van der Waals surface area contributed by atoms with Crippen molar-refractivity contribution in [2.45, 2.75) is 25.7 Å². The van der Waals surface area contributed by atoms with Gasteiger partial charge in [-0.2, -0.15) is 0 Å². The Labute approximate surface area is 164 Å². The van der Waals surface area contributed by atoms with Crippen molar-refractivity contribution in [2.75, 3.05) is 20.2 Å². The summed E-state index contributed by atoms with van der Waals surface area (Å²) in [5.74, 6) is 2.06. The number of nitrogens with zero attached hydrogens (tertiary/aromatic N) is 3. The molecule has 6 heteroatoms. The fourth-order valence-electron chi connectivity index (χ4n) is 3.66. The summed E-state index contributed by atoms with van der Waals surface area (Å²) in [6.07, 6.45) is 1.63. The van der Waals surface area contributed by atoms with Crippen LogP contribution in [0.25, 0.3) is 11.1 Å². The largest absolute Gasteiger partial charge is 0.496 e. The Morgan fingerprint density at radius 2 is 1.82 bits per heavy atom. The molecule has 0 N–H and O–H groups in total. The van der Waals surface area contributed by atoms with E-state index in [0.29, 0.717) is 36.2 Å². The highest BCUT2D eigenvalue weighted by Crippen LogP contribution is 2.31. The molecule has 4 rings (SSSR count). The van der Waals surface area contributed by atoms with E-state index in [1.807, 2.05) is 53.4 Å². The third-order valence-corrected chi connectivity index (χ3v) is 5.21. The molecule has 3 aromatic rings. The van der Waals surface area contributed by atoms with Crippen molar-refractivity contribution in [3.63, 3.8) is 0 Å². The summed E-state index contributed by atoms with van der Waals surface area (Å²) in [6, 6.07) is 15.8. The smallest absolute Gasteiger partial charge is 0.257 e. The fourth-order valence-corrected chi connectivity index (χ4v) is 3.66. The fraction of sp³-hybridized carbons (Fsp3) is 0.318. The van der Waals surface area contributed by atoms with Gasteiger partial charge < -0.3 is 14.1 Å². The normalized spacial score (nSPS) is 14.9. The lowest BCUT2D eigenvalue weighted by atomic mass is 9.95. The Morgan fingerprint density at radius 1 is 1.07 bits per heavy atom. The topological polar surface area (TPSA) is 68.5 Å². The Morgan fingerprint density at radius 3 is 2.46 bits per heavy atom. The van der Waals surface area contributed by atoms with E-state index in [2.05, 4.69) is 10.2 Å². The Kier molecular flexibility index (Phi) is 5.10. The van der Waals surface area contributed by atoms with E-state index < -0.39 is 0 Å². The summed E-state index contributed by atoms with van der Waals surface area (Å²) in [5, 5.41) is 8.04. The first-order valence-electron chi connectivity index (χ1n) is 9.48. The number of aryl methyl sites for hydroxylation is 1. The second-order valence-corrected chi connectivity index (χ2v) is 7.01. The molecule has 1 fully saturated rings. The number of methoxy groups -OCH3 is 1. The second-order valence-electron chi connectivity index (χ2n) is 7.01. The minimum Gasteiger partial charge on any atom is -0.496 e. The van der Waals surface area contributed by atoms with Crippen molar-refractivity contribution >= 4 is 5.91 Å². The van der Waals surface area contributed by atoms with Crippen molar-refractivity contribution in [3.8, 4) is 16.9 Å². The SMILES string of the molecule is COc1ccc(-c2ccccc2)cc1C(=O)N1CCC(c2nnc(C)o2)CC1.